The van der Waals surface area contributed by atoms with Crippen LogP contribution in [0.15, 0.2) is 24.3 Å². The van der Waals surface area contributed by atoms with Gasteiger partial charge >= 0.3 is 5.97 Å². The molecule has 0 amide bonds. The van der Waals surface area contributed by atoms with Crippen molar-refractivity contribution in [3.8, 4) is 5.75 Å². The van der Waals surface area contributed by atoms with Gasteiger partial charge in [-0.1, -0.05) is 59.6 Å². The Morgan fingerprint density at radius 3 is 2.50 bits per heavy atom. The van der Waals surface area contributed by atoms with Crippen LogP contribution >= 0.6 is 0 Å². The number of ether oxygens (including phenoxy) is 2. The zero-order chi connectivity index (χ0) is 20.5. The number of esters is 1. The minimum atomic E-state index is -0.00701. The van der Waals surface area contributed by atoms with Gasteiger partial charge in [-0.25, -0.2) is 0 Å². The molecule has 0 aromatic heterocycles. The normalized spacial score (nSPS) is 31.6. The molecule has 0 N–H and O–H groups in total. The molecule has 156 valence electrons. The third-order valence-electron chi connectivity index (χ3n) is 8.17. The fourth-order valence-corrected chi connectivity index (χ4v) is 5.87. The van der Waals surface area contributed by atoms with E-state index in [1.165, 1.54) is 12.0 Å². The molecule has 0 heterocycles. The Morgan fingerprint density at radius 2 is 1.89 bits per heavy atom. The van der Waals surface area contributed by atoms with Gasteiger partial charge in [0.1, 0.15) is 11.9 Å². The number of unbranched alkanes of at least 4 members (excludes halogenated alkanes) is 1. The van der Waals surface area contributed by atoms with Gasteiger partial charge in [-0.05, 0) is 54.7 Å². The molecule has 1 aromatic carbocycles. The molecule has 2 aliphatic rings. The molecule has 0 radical (unpaired) electrons. The molecule has 0 unspecified atom stereocenters. The summed E-state index contributed by atoms with van der Waals surface area (Å²) >= 11 is 0. The standard InChI is InChI=1S/C25H38O3/c1-7-8-9-17(2)23(26)28-22-20(16-18-10-12-19(27-6)13-11-18)21-14-15-25(22,5)24(21,3)4/h10-13,17,20-22H,7-9,14-16H2,1-6H3/t17-,20+,21-,22-,25+/m1/s1. The van der Waals surface area contributed by atoms with Crippen molar-refractivity contribution in [1.82, 2.24) is 0 Å². The first kappa shape index (κ1) is 21.2. The highest BCUT2D eigenvalue weighted by atomic mass is 16.5. The Morgan fingerprint density at radius 1 is 1.21 bits per heavy atom. The van der Waals surface area contributed by atoms with Crippen LogP contribution in [0.3, 0.4) is 0 Å². The van der Waals surface area contributed by atoms with Crippen molar-refractivity contribution >= 4 is 5.97 Å². The molecule has 0 saturated heterocycles. The molecular formula is C25H38O3. The summed E-state index contributed by atoms with van der Waals surface area (Å²) in [4.78, 5) is 12.9. The Bertz CT molecular complexity index is 678. The van der Waals surface area contributed by atoms with E-state index in [0.29, 0.717) is 11.8 Å². The first-order chi connectivity index (χ1) is 13.2. The quantitative estimate of drug-likeness (QED) is 0.510. The Kier molecular flexibility index (Phi) is 6.12. The number of rotatable bonds is 8. The van der Waals surface area contributed by atoms with E-state index in [4.69, 9.17) is 9.47 Å². The fraction of sp³-hybridized carbons (Fsp3) is 0.720. The summed E-state index contributed by atoms with van der Waals surface area (Å²) in [7, 11) is 1.70. The molecule has 0 aliphatic heterocycles. The molecule has 2 aliphatic carbocycles. The molecule has 28 heavy (non-hydrogen) atoms. The van der Waals surface area contributed by atoms with Crippen LogP contribution in [0.1, 0.15) is 72.3 Å². The third-order valence-corrected chi connectivity index (χ3v) is 8.17. The van der Waals surface area contributed by atoms with Gasteiger partial charge in [0.25, 0.3) is 0 Å². The van der Waals surface area contributed by atoms with Gasteiger partial charge in [-0.15, -0.1) is 0 Å². The lowest BCUT2D eigenvalue weighted by Gasteiger charge is -2.40. The van der Waals surface area contributed by atoms with Crippen LogP contribution in [0.2, 0.25) is 0 Å². The topological polar surface area (TPSA) is 35.5 Å². The predicted molar refractivity (Wildman–Crippen MR) is 113 cm³/mol. The second kappa shape index (κ2) is 8.08. The maximum Gasteiger partial charge on any atom is 0.308 e. The third kappa shape index (κ3) is 3.57. The van der Waals surface area contributed by atoms with Crippen LogP contribution in [-0.2, 0) is 16.0 Å². The molecule has 3 nitrogen and oxygen atoms in total. The average molecular weight is 387 g/mol. The summed E-state index contributed by atoms with van der Waals surface area (Å²) in [5.74, 6) is 1.87. The highest BCUT2D eigenvalue weighted by molar-refractivity contribution is 5.72. The predicted octanol–water partition coefficient (Wildman–Crippen LogP) is 6.05. The van der Waals surface area contributed by atoms with E-state index in [9.17, 15) is 4.79 Å². The van der Waals surface area contributed by atoms with Crippen molar-refractivity contribution in [2.75, 3.05) is 7.11 Å². The number of hydrogen-bond donors (Lipinski definition) is 0. The van der Waals surface area contributed by atoms with Gasteiger partial charge in [-0.2, -0.15) is 0 Å². The van der Waals surface area contributed by atoms with E-state index >= 15 is 0 Å². The van der Waals surface area contributed by atoms with Gasteiger partial charge in [-0.3, -0.25) is 4.79 Å². The lowest BCUT2D eigenvalue weighted by Crippen LogP contribution is -2.42. The highest BCUT2D eigenvalue weighted by Crippen LogP contribution is 2.69. The van der Waals surface area contributed by atoms with E-state index in [2.05, 4.69) is 39.8 Å². The van der Waals surface area contributed by atoms with Crippen molar-refractivity contribution in [3.05, 3.63) is 29.8 Å². The molecule has 2 saturated carbocycles. The number of carbonyl (C=O) groups is 1. The van der Waals surface area contributed by atoms with Crippen molar-refractivity contribution < 1.29 is 14.3 Å². The van der Waals surface area contributed by atoms with Crippen LogP contribution in [0.4, 0.5) is 0 Å². The maximum absolute atomic E-state index is 12.9. The first-order valence-corrected chi connectivity index (χ1v) is 11.1. The summed E-state index contributed by atoms with van der Waals surface area (Å²) in [6.07, 6.45) is 6.51. The minimum Gasteiger partial charge on any atom is -0.497 e. The van der Waals surface area contributed by atoms with Crippen molar-refractivity contribution in [1.29, 1.82) is 0 Å². The van der Waals surface area contributed by atoms with Crippen molar-refractivity contribution in [2.24, 2.45) is 28.6 Å². The second-order valence-electron chi connectivity index (χ2n) is 9.90. The number of methoxy groups -OCH3 is 1. The van der Waals surface area contributed by atoms with Crippen LogP contribution in [0.25, 0.3) is 0 Å². The molecule has 2 fully saturated rings. The minimum absolute atomic E-state index is 0.00255. The Balaban J connectivity index is 1.80. The lowest BCUT2D eigenvalue weighted by molar-refractivity contribution is -0.165. The molecule has 3 rings (SSSR count). The molecule has 2 bridgehead atoms. The van der Waals surface area contributed by atoms with Gasteiger partial charge in [0.2, 0.25) is 0 Å². The van der Waals surface area contributed by atoms with Crippen LogP contribution < -0.4 is 4.74 Å². The zero-order valence-electron chi connectivity index (χ0n) is 18.6. The van der Waals surface area contributed by atoms with Gasteiger partial charge < -0.3 is 9.47 Å². The SMILES string of the molecule is CCCC[C@@H](C)C(=O)O[C@@H]1[C@@H](Cc2ccc(OC)cc2)[C@H]2CC[C@]1(C)C2(C)C. The first-order valence-electron chi connectivity index (χ1n) is 11.1. The molecule has 1 aromatic rings. The number of fused-ring (bicyclic) bond motifs is 2. The van der Waals surface area contributed by atoms with Crippen molar-refractivity contribution in [2.45, 2.75) is 79.2 Å². The van der Waals surface area contributed by atoms with Gasteiger partial charge in [0, 0.05) is 11.3 Å². The molecule has 0 spiro atoms. The van der Waals surface area contributed by atoms with Gasteiger partial charge in [0.15, 0.2) is 0 Å². The second-order valence-corrected chi connectivity index (χ2v) is 9.90. The Hall–Kier alpha value is -1.51. The van der Waals surface area contributed by atoms with E-state index < -0.39 is 0 Å². The molecule has 5 atom stereocenters. The highest BCUT2D eigenvalue weighted by Gasteiger charge is 2.67. The van der Waals surface area contributed by atoms with E-state index in [1.54, 1.807) is 7.11 Å². The van der Waals surface area contributed by atoms with E-state index in [0.717, 1.165) is 37.9 Å². The summed E-state index contributed by atoms with van der Waals surface area (Å²) in [5, 5.41) is 0. The van der Waals surface area contributed by atoms with Crippen LogP contribution in [0, 0.1) is 28.6 Å². The fourth-order valence-electron chi connectivity index (χ4n) is 5.87. The maximum atomic E-state index is 12.9. The lowest BCUT2D eigenvalue weighted by atomic mass is 9.70. The summed E-state index contributed by atoms with van der Waals surface area (Å²) in [6, 6.07) is 8.37. The van der Waals surface area contributed by atoms with E-state index in [1.807, 2.05) is 19.1 Å². The van der Waals surface area contributed by atoms with Crippen LogP contribution in [-0.4, -0.2) is 19.2 Å². The largest absolute Gasteiger partial charge is 0.497 e. The smallest absolute Gasteiger partial charge is 0.308 e. The Labute approximate surface area is 171 Å². The summed E-state index contributed by atoms with van der Waals surface area (Å²) < 4.78 is 11.6. The average Bonchev–Trinajstić information content (AvgIpc) is 2.99. The number of benzene rings is 1. The summed E-state index contributed by atoms with van der Waals surface area (Å²) in [6.45, 7) is 11.3. The van der Waals surface area contributed by atoms with E-state index in [-0.39, 0.29) is 28.8 Å². The zero-order valence-corrected chi connectivity index (χ0v) is 18.6. The summed E-state index contributed by atoms with van der Waals surface area (Å²) in [5.41, 5.74) is 1.56. The molecular weight excluding hydrogens is 348 g/mol. The number of hydrogen-bond acceptors (Lipinski definition) is 3. The van der Waals surface area contributed by atoms with Crippen molar-refractivity contribution in [3.63, 3.8) is 0 Å². The number of carbonyl (C=O) groups excluding carboxylic acids is 1. The van der Waals surface area contributed by atoms with Gasteiger partial charge in [0.05, 0.1) is 13.0 Å². The molecule has 3 heteroatoms. The monoisotopic (exact) mass is 386 g/mol. The van der Waals surface area contributed by atoms with Crippen LogP contribution in [0.5, 0.6) is 5.75 Å².